The Bertz CT molecular complexity index is 3940. The zero-order valence-electron chi connectivity index (χ0n) is 35.3. The van der Waals surface area contributed by atoms with E-state index >= 15 is 0 Å². The summed E-state index contributed by atoms with van der Waals surface area (Å²) in [5, 5.41) is 9.61. The van der Waals surface area contributed by atoms with Gasteiger partial charge in [-0.2, -0.15) is 0 Å². The summed E-state index contributed by atoms with van der Waals surface area (Å²) in [6.07, 6.45) is 0. The van der Waals surface area contributed by atoms with Crippen molar-refractivity contribution >= 4 is 92.1 Å². The van der Waals surface area contributed by atoms with Gasteiger partial charge in [0.25, 0.3) is 0 Å². The highest BCUT2D eigenvalue weighted by Crippen LogP contribution is 2.51. The summed E-state index contributed by atoms with van der Waals surface area (Å²) in [4.78, 5) is 2.39. The van der Waals surface area contributed by atoms with Gasteiger partial charge in [-0.1, -0.05) is 194 Å². The Labute approximate surface area is 380 Å². The predicted octanol–water partition coefficient (Wildman–Crippen LogP) is 18.4. The maximum absolute atomic E-state index is 7.12. The summed E-state index contributed by atoms with van der Waals surface area (Å²) in [5.74, 6) is 0. The fourth-order valence-corrected chi connectivity index (χ4v) is 11.3. The van der Waals surface area contributed by atoms with Crippen LogP contribution in [0, 0.1) is 0 Å². The summed E-state index contributed by atoms with van der Waals surface area (Å²) in [5.41, 5.74) is 14.4. The van der Waals surface area contributed by atoms with Gasteiger partial charge >= 0.3 is 0 Å². The zero-order valence-corrected chi connectivity index (χ0v) is 36.1. The van der Waals surface area contributed by atoms with E-state index in [0.29, 0.717) is 0 Å². The molecule has 304 valence electrons. The minimum absolute atomic E-state index is 0.847. The quantitative estimate of drug-likeness (QED) is 0.149. The Morgan fingerprint density at radius 2 is 0.877 bits per heavy atom. The number of benzene rings is 11. The van der Waals surface area contributed by atoms with Crippen molar-refractivity contribution in [1.29, 1.82) is 0 Å². The smallest absolute Gasteiger partial charge is 0.160 e. The maximum Gasteiger partial charge on any atom is 0.160 e. The van der Waals surface area contributed by atoms with Gasteiger partial charge in [0.15, 0.2) is 5.58 Å². The lowest BCUT2D eigenvalue weighted by Gasteiger charge is -2.27. The van der Waals surface area contributed by atoms with Crippen LogP contribution in [0.15, 0.2) is 241 Å². The first-order valence-corrected chi connectivity index (χ1v) is 23.0. The van der Waals surface area contributed by atoms with Gasteiger partial charge in [-0.05, 0) is 109 Å². The number of hydrogen-bond donors (Lipinski definition) is 0. The van der Waals surface area contributed by atoms with Gasteiger partial charge in [-0.15, -0.1) is 11.3 Å². The molecule has 2 nitrogen and oxygen atoms in total. The lowest BCUT2D eigenvalue weighted by Crippen LogP contribution is -2.10. The van der Waals surface area contributed by atoms with Crippen molar-refractivity contribution in [2.45, 2.75) is 0 Å². The number of rotatable bonds is 7. The van der Waals surface area contributed by atoms with Crippen LogP contribution in [0.3, 0.4) is 0 Å². The zero-order chi connectivity index (χ0) is 42.8. The number of para-hydroxylation sites is 1. The third-order valence-corrected chi connectivity index (χ3v) is 14.3. The summed E-state index contributed by atoms with van der Waals surface area (Å²) in [6, 6.07) is 85.7. The molecule has 2 aromatic heterocycles. The molecule has 2 heterocycles. The van der Waals surface area contributed by atoms with E-state index in [9.17, 15) is 0 Å². The highest BCUT2D eigenvalue weighted by Gasteiger charge is 2.25. The predicted molar refractivity (Wildman–Crippen MR) is 278 cm³/mol. The van der Waals surface area contributed by atoms with Crippen molar-refractivity contribution in [1.82, 2.24) is 0 Å². The Hall–Kier alpha value is -8.24. The number of thiophene rings is 1. The monoisotopic (exact) mass is 845 g/mol. The van der Waals surface area contributed by atoms with E-state index in [1.54, 1.807) is 0 Å². The van der Waals surface area contributed by atoms with Crippen molar-refractivity contribution in [2.24, 2.45) is 0 Å². The molecule has 0 saturated heterocycles. The second-order valence-electron chi connectivity index (χ2n) is 16.7. The van der Waals surface area contributed by atoms with Crippen molar-refractivity contribution in [3.8, 4) is 44.5 Å². The largest absolute Gasteiger partial charge is 0.454 e. The average molecular weight is 846 g/mol. The molecule has 13 rings (SSSR count). The molecular formula is C62H39NOS. The summed E-state index contributed by atoms with van der Waals surface area (Å²) >= 11 is 1.87. The molecule has 0 N–H and O–H groups in total. The lowest BCUT2D eigenvalue weighted by atomic mass is 9.92. The van der Waals surface area contributed by atoms with Crippen LogP contribution in [0.1, 0.15) is 0 Å². The van der Waals surface area contributed by atoms with Gasteiger partial charge in [0.05, 0.1) is 5.69 Å². The van der Waals surface area contributed by atoms with Gasteiger partial charge in [0, 0.05) is 42.3 Å². The van der Waals surface area contributed by atoms with E-state index < -0.39 is 0 Å². The Balaban J connectivity index is 1.06. The fraction of sp³-hybridized carbons (Fsp3) is 0. The van der Waals surface area contributed by atoms with Gasteiger partial charge in [-0.3, -0.25) is 0 Å². The number of anilines is 3. The normalized spacial score (nSPS) is 11.7. The Morgan fingerprint density at radius 1 is 0.338 bits per heavy atom. The first-order chi connectivity index (χ1) is 32.2. The molecule has 0 fully saturated rings. The van der Waals surface area contributed by atoms with Crippen LogP contribution < -0.4 is 4.90 Å². The Kier molecular flexibility index (Phi) is 8.75. The molecule has 0 amide bonds. The van der Waals surface area contributed by atoms with E-state index in [4.69, 9.17) is 4.42 Å². The van der Waals surface area contributed by atoms with Crippen molar-refractivity contribution in [3.05, 3.63) is 237 Å². The average Bonchev–Trinajstić information content (AvgIpc) is 3.97. The van der Waals surface area contributed by atoms with Crippen molar-refractivity contribution < 1.29 is 4.42 Å². The third-order valence-electron chi connectivity index (χ3n) is 13.1. The lowest BCUT2D eigenvalue weighted by molar-refractivity contribution is 0.669. The van der Waals surface area contributed by atoms with Gasteiger partial charge in [0.1, 0.15) is 5.58 Å². The molecule has 0 aliphatic rings. The molecule has 0 atom stereocenters. The first-order valence-electron chi connectivity index (χ1n) is 22.2. The van der Waals surface area contributed by atoms with E-state index in [1.165, 1.54) is 75.1 Å². The topological polar surface area (TPSA) is 16.4 Å². The molecule has 3 heteroatoms. The SMILES string of the molecule is c1ccc(-c2ccccc2-c2ccc(N(c3ccc4ccc5ccccc5c4c3)c3ccc(-c4ccc(-c5ccccc5)c5sc6ccccc6c45)c4c3oc3ccccc34)cc2)cc1. The summed E-state index contributed by atoms with van der Waals surface area (Å²) < 4.78 is 9.69. The van der Waals surface area contributed by atoms with Gasteiger partial charge in [-0.25, -0.2) is 0 Å². The van der Waals surface area contributed by atoms with Crippen LogP contribution in [-0.2, 0) is 0 Å². The second kappa shape index (κ2) is 15.2. The standard InChI is InChI=1S/C62H39NOS/c1-3-15-40(16-4-1)47-20-9-10-21-48(47)43-29-32-45(33-30-43)63(46-34-31-44-28-27-42-19-7-8-22-49(42)55(44)39-46)56-38-37-51(59-53-23-11-13-25-57(53)64-61(56)59)52-36-35-50(41-17-5-2-6-18-41)62-60(52)54-24-12-14-26-58(54)65-62/h1-39H. The first kappa shape index (κ1) is 37.3. The van der Waals surface area contributed by atoms with Crippen molar-refractivity contribution in [2.75, 3.05) is 4.90 Å². The van der Waals surface area contributed by atoms with Crippen LogP contribution in [0.25, 0.3) is 108 Å². The fourth-order valence-electron chi connectivity index (χ4n) is 10.1. The number of fused-ring (bicyclic) bond motifs is 9. The highest BCUT2D eigenvalue weighted by atomic mass is 32.1. The van der Waals surface area contributed by atoms with Crippen LogP contribution in [0.5, 0.6) is 0 Å². The van der Waals surface area contributed by atoms with Gasteiger partial charge < -0.3 is 9.32 Å². The highest BCUT2D eigenvalue weighted by molar-refractivity contribution is 7.26. The molecule has 13 aromatic rings. The second-order valence-corrected chi connectivity index (χ2v) is 17.8. The molecule has 0 aliphatic heterocycles. The molecule has 11 aromatic carbocycles. The van der Waals surface area contributed by atoms with E-state index in [2.05, 4.69) is 241 Å². The van der Waals surface area contributed by atoms with E-state index in [1.807, 2.05) is 11.3 Å². The number of furan rings is 1. The minimum atomic E-state index is 0.847. The number of hydrogen-bond acceptors (Lipinski definition) is 3. The van der Waals surface area contributed by atoms with E-state index in [0.717, 1.165) is 50.1 Å². The molecule has 0 aliphatic carbocycles. The van der Waals surface area contributed by atoms with Gasteiger partial charge in [0.2, 0.25) is 0 Å². The van der Waals surface area contributed by atoms with E-state index in [-0.39, 0.29) is 0 Å². The summed E-state index contributed by atoms with van der Waals surface area (Å²) in [6.45, 7) is 0. The van der Waals surface area contributed by atoms with Crippen LogP contribution in [0.2, 0.25) is 0 Å². The summed E-state index contributed by atoms with van der Waals surface area (Å²) in [7, 11) is 0. The molecule has 0 saturated carbocycles. The number of nitrogens with zero attached hydrogens (tertiary/aromatic N) is 1. The van der Waals surface area contributed by atoms with Crippen LogP contribution in [-0.4, -0.2) is 0 Å². The Morgan fingerprint density at radius 3 is 1.65 bits per heavy atom. The van der Waals surface area contributed by atoms with Crippen molar-refractivity contribution in [3.63, 3.8) is 0 Å². The third kappa shape index (κ3) is 6.16. The molecule has 0 spiro atoms. The maximum atomic E-state index is 7.12. The molecular weight excluding hydrogens is 807 g/mol. The molecule has 0 bridgehead atoms. The molecule has 0 unspecified atom stereocenters. The van der Waals surface area contributed by atoms with Crippen LogP contribution in [0.4, 0.5) is 17.1 Å². The molecule has 65 heavy (non-hydrogen) atoms. The minimum Gasteiger partial charge on any atom is -0.454 e. The molecule has 0 radical (unpaired) electrons. The van der Waals surface area contributed by atoms with Crippen LogP contribution >= 0.6 is 11.3 Å².